The van der Waals surface area contributed by atoms with E-state index < -0.39 is 10.9 Å². The number of halogens is 3. The van der Waals surface area contributed by atoms with Crippen molar-refractivity contribution < 1.29 is 18.0 Å². The van der Waals surface area contributed by atoms with Crippen molar-refractivity contribution in [3.63, 3.8) is 0 Å². The fourth-order valence-corrected chi connectivity index (χ4v) is 3.70. The van der Waals surface area contributed by atoms with Gasteiger partial charge in [-0.25, -0.2) is 0 Å². The van der Waals surface area contributed by atoms with E-state index >= 15 is 0 Å². The Bertz CT molecular complexity index is 425. The molecular formula is C14H21F3N2OS. The van der Waals surface area contributed by atoms with Gasteiger partial charge in [-0.15, -0.1) is 0 Å². The lowest BCUT2D eigenvalue weighted by Gasteiger charge is -2.38. The quantitative estimate of drug-likeness (QED) is 0.463. The Morgan fingerprint density at radius 1 is 1.48 bits per heavy atom. The van der Waals surface area contributed by atoms with Crippen LogP contribution in [-0.2, 0) is 4.79 Å². The second-order valence-electron chi connectivity index (χ2n) is 6.08. The molecule has 0 aromatic carbocycles. The van der Waals surface area contributed by atoms with Crippen LogP contribution in [0.15, 0.2) is 11.6 Å². The molecule has 21 heavy (non-hydrogen) atoms. The van der Waals surface area contributed by atoms with Gasteiger partial charge in [0.2, 0.25) is 5.91 Å². The molecule has 1 fully saturated rings. The molecule has 2 aliphatic carbocycles. The van der Waals surface area contributed by atoms with E-state index in [1.165, 1.54) is 18.4 Å². The molecule has 2 unspecified atom stereocenters. The summed E-state index contributed by atoms with van der Waals surface area (Å²) < 4.78 is 38.0. The second kappa shape index (κ2) is 6.60. The lowest BCUT2D eigenvalue weighted by Crippen LogP contribution is -2.43. The zero-order valence-electron chi connectivity index (χ0n) is 12.1. The number of rotatable bonds is 5. The number of fused-ring (bicyclic) bond motifs is 2. The van der Waals surface area contributed by atoms with Gasteiger partial charge in [0.25, 0.3) is 0 Å². The predicted molar refractivity (Wildman–Crippen MR) is 77.4 cm³/mol. The van der Waals surface area contributed by atoms with Crippen molar-refractivity contribution in [2.24, 2.45) is 11.3 Å². The van der Waals surface area contributed by atoms with E-state index in [2.05, 4.69) is 16.1 Å². The minimum absolute atomic E-state index is 0.0783. The molecule has 1 amide bonds. The summed E-state index contributed by atoms with van der Waals surface area (Å²) in [7, 11) is 0. The highest BCUT2D eigenvalue weighted by molar-refractivity contribution is 7.98. The first-order valence-corrected chi connectivity index (χ1v) is 8.07. The first kappa shape index (κ1) is 16.7. The second-order valence-corrected chi connectivity index (χ2v) is 7.04. The maximum Gasteiger partial charge on any atom is 0.456 e. The highest BCUT2D eigenvalue weighted by Gasteiger charge is 2.38. The number of amides is 1. The molecular weight excluding hydrogens is 301 g/mol. The smallest absolute Gasteiger partial charge is 0.354 e. The molecule has 2 bridgehead atoms. The van der Waals surface area contributed by atoms with Crippen LogP contribution in [0.1, 0.15) is 39.0 Å². The van der Waals surface area contributed by atoms with E-state index in [0.717, 1.165) is 19.3 Å². The van der Waals surface area contributed by atoms with E-state index in [4.69, 9.17) is 0 Å². The maximum atomic E-state index is 12.3. The van der Waals surface area contributed by atoms with Gasteiger partial charge in [0.1, 0.15) is 0 Å². The van der Waals surface area contributed by atoms with Gasteiger partial charge < -0.3 is 5.32 Å². The van der Waals surface area contributed by atoms with Crippen molar-refractivity contribution in [1.29, 1.82) is 0 Å². The average Bonchev–Trinajstić information content (AvgIpc) is 2.36. The molecule has 120 valence electrons. The van der Waals surface area contributed by atoms with Gasteiger partial charge in [-0.1, -0.05) is 11.6 Å². The lowest BCUT2D eigenvalue weighted by atomic mass is 9.67. The van der Waals surface area contributed by atoms with Crippen molar-refractivity contribution >= 4 is 17.9 Å². The minimum Gasteiger partial charge on any atom is -0.354 e. The van der Waals surface area contributed by atoms with Crippen LogP contribution in [0.4, 0.5) is 13.2 Å². The molecule has 0 heterocycles. The number of carbonyl (C=O) groups is 1. The van der Waals surface area contributed by atoms with Crippen LogP contribution in [0.25, 0.3) is 0 Å². The number of hydrogen-bond acceptors (Lipinski definition) is 3. The Labute approximate surface area is 127 Å². The molecule has 0 spiro atoms. The van der Waals surface area contributed by atoms with Crippen LogP contribution < -0.4 is 10.0 Å². The summed E-state index contributed by atoms with van der Waals surface area (Å²) in [4.78, 5) is 12.3. The summed E-state index contributed by atoms with van der Waals surface area (Å²) in [5, 5.41) is 2.74. The van der Waals surface area contributed by atoms with Crippen molar-refractivity contribution in [2.75, 3.05) is 13.1 Å². The van der Waals surface area contributed by atoms with E-state index in [1.54, 1.807) is 0 Å². The summed E-state index contributed by atoms with van der Waals surface area (Å²) >= 11 is -0.280. The van der Waals surface area contributed by atoms with Gasteiger partial charge in [0, 0.05) is 25.0 Å². The number of allylic oxidation sites excluding steroid dienone is 1. The molecule has 0 saturated heterocycles. The maximum absolute atomic E-state index is 12.3. The van der Waals surface area contributed by atoms with E-state index in [9.17, 15) is 18.0 Å². The van der Waals surface area contributed by atoms with Crippen LogP contribution in [0.3, 0.4) is 0 Å². The molecule has 2 N–H and O–H groups in total. The highest BCUT2D eigenvalue weighted by atomic mass is 32.2. The van der Waals surface area contributed by atoms with E-state index in [1.807, 2.05) is 6.92 Å². The fourth-order valence-electron chi connectivity index (χ4n) is 3.33. The molecule has 7 heteroatoms. The first-order chi connectivity index (χ1) is 9.78. The standard InChI is InChI=1S/C14H21F3N2OS/c1-13(8-10-3-2-4-11(7-10)9-13)12(20)18-5-6-19-21-14(15,16)17/h8,11,19H,2-7,9H2,1H3,(H,18,20). The van der Waals surface area contributed by atoms with E-state index in [-0.39, 0.29) is 30.9 Å². The Morgan fingerprint density at radius 2 is 2.24 bits per heavy atom. The molecule has 0 radical (unpaired) electrons. The van der Waals surface area contributed by atoms with Crippen LogP contribution in [0, 0.1) is 11.3 Å². The molecule has 2 atom stereocenters. The summed E-state index contributed by atoms with van der Waals surface area (Å²) in [5.41, 5.74) is -3.43. The number of nitrogens with one attached hydrogen (secondary N) is 2. The number of hydrogen-bond donors (Lipinski definition) is 2. The summed E-state index contributed by atoms with van der Waals surface area (Å²) in [6.45, 7) is 2.22. The third-order valence-electron chi connectivity index (χ3n) is 4.12. The van der Waals surface area contributed by atoms with Crippen LogP contribution in [0.2, 0.25) is 0 Å². The highest BCUT2D eigenvalue weighted by Crippen LogP contribution is 2.44. The first-order valence-electron chi connectivity index (χ1n) is 7.25. The molecule has 3 nitrogen and oxygen atoms in total. The molecule has 0 aromatic heterocycles. The summed E-state index contributed by atoms with van der Waals surface area (Å²) in [5.74, 6) is 0.499. The predicted octanol–water partition coefficient (Wildman–Crippen LogP) is 3.39. The SMILES string of the molecule is CC1(C(=O)NCCNSC(F)(F)F)C=C2CCCC(C2)C1. The van der Waals surface area contributed by atoms with Gasteiger partial charge in [0.15, 0.2) is 0 Å². The van der Waals surface area contributed by atoms with Crippen LogP contribution in [0.5, 0.6) is 0 Å². The van der Waals surface area contributed by atoms with Crippen molar-refractivity contribution in [3.8, 4) is 0 Å². The normalized spacial score (nSPS) is 29.0. The summed E-state index contributed by atoms with van der Waals surface area (Å²) in [6.07, 6.45) is 7.47. The molecule has 0 aliphatic heterocycles. The van der Waals surface area contributed by atoms with E-state index in [0.29, 0.717) is 5.92 Å². The van der Waals surface area contributed by atoms with Gasteiger partial charge in [-0.3, -0.25) is 9.52 Å². The van der Waals surface area contributed by atoms with Crippen LogP contribution >= 0.6 is 11.9 Å². The largest absolute Gasteiger partial charge is 0.456 e. The van der Waals surface area contributed by atoms with Gasteiger partial charge in [-0.2, -0.15) is 13.2 Å². The Balaban J connectivity index is 1.78. The Morgan fingerprint density at radius 3 is 2.90 bits per heavy atom. The zero-order valence-corrected chi connectivity index (χ0v) is 12.9. The topological polar surface area (TPSA) is 41.1 Å². The average molecular weight is 322 g/mol. The molecule has 0 aromatic rings. The van der Waals surface area contributed by atoms with Crippen molar-refractivity contribution in [1.82, 2.24) is 10.0 Å². The monoisotopic (exact) mass is 322 g/mol. The third kappa shape index (κ3) is 4.92. The van der Waals surface area contributed by atoms with Crippen LogP contribution in [-0.4, -0.2) is 24.5 Å². The lowest BCUT2D eigenvalue weighted by molar-refractivity contribution is -0.129. The van der Waals surface area contributed by atoms with Gasteiger partial charge in [0.05, 0.1) is 5.41 Å². The van der Waals surface area contributed by atoms with Crippen molar-refractivity contribution in [2.45, 2.75) is 44.5 Å². The minimum atomic E-state index is -4.29. The molecule has 2 rings (SSSR count). The zero-order chi connectivity index (χ0) is 15.5. The summed E-state index contributed by atoms with van der Waals surface area (Å²) in [6, 6.07) is 0. The van der Waals surface area contributed by atoms with Gasteiger partial charge >= 0.3 is 5.51 Å². The third-order valence-corrected chi connectivity index (χ3v) is 4.70. The molecule has 1 saturated carbocycles. The Hall–Kier alpha value is -0.690. The number of alkyl halides is 3. The number of carbonyl (C=O) groups excluding carboxylic acids is 1. The van der Waals surface area contributed by atoms with Crippen molar-refractivity contribution in [3.05, 3.63) is 11.6 Å². The fraction of sp³-hybridized carbons (Fsp3) is 0.786. The van der Waals surface area contributed by atoms with Gasteiger partial charge in [-0.05, 0) is 44.9 Å². The molecule has 2 aliphatic rings. The Kier molecular flexibility index (Phi) is 5.24.